The summed E-state index contributed by atoms with van der Waals surface area (Å²) in [4.78, 5) is 39.7. The van der Waals surface area contributed by atoms with E-state index in [2.05, 4.69) is 45.4 Å². The van der Waals surface area contributed by atoms with Crippen molar-refractivity contribution in [3.05, 3.63) is 59.7 Å². The summed E-state index contributed by atoms with van der Waals surface area (Å²) in [6, 6.07) is 14.7. The van der Waals surface area contributed by atoms with E-state index in [0.29, 0.717) is 24.3 Å². The molecule has 8 heteroatoms. The van der Waals surface area contributed by atoms with Gasteiger partial charge in [0.15, 0.2) is 0 Å². The predicted molar refractivity (Wildman–Crippen MR) is 115 cm³/mol. The largest absolute Gasteiger partial charge is 0.468 e. The molecule has 1 saturated heterocycles. The summed E-state index contributed by atoms with van der Waals surface area (Å²) in [6.45, 7) is 4.69. The Labute approximate surface area is 175 Å². The van der Waals surface area contributed by atoms with Crippen molar-refractivity contribution in [1.82, 2.24) is 10.2 Å². The Morgan fingerprint density at radius 3 is 2.33 bits per heavy atom. The molecule has 1 heterocycles. The standard InChI is InChI=1S/C22H26N4O4/c1-16-4-3-5-19(14-16)25-10-12-26(13-11-25)22(29)24-18-8-6-17(7-9-18)21(28)23-15-20(27)30-2/h3-9,14H,10-13,15H2,1-2H3,(H,23,28)(H,24,29). The maximum Gasteiger partial charge on any atom is 0.325 e. The van der Waals surface area contributed by atoms with Crippen LogP contribution in [0.2, 0.25) is 0 Å². The van der Waals surface area contributed by atoms with Crippen molar-refractivity contribution in [1.29, 1.82) is 0 Å². The van der Waals surface area contributed by atoms with Crippen molar-refractivity contribution in [2.75, 3.05) is 50.1 Å². The van der Waals surface area contributed by atoms with E-state index in [-0.39, 0.29) is 18.5 Å². The molecule has 2 aromatic rings. The number of rotatable bonds is 5. The second kappa shape index (κ2) is 9.78. The van der Waals surface area contributed by atoms with Gasteiger partial charge in [0.1, 0.15) is 6.54 Å². The van der Waals surface area contributed by atoms with Crippen LogP contribution in [0.5, 0.6) is 0 Å². The molecular weight excluding hydrogens is 384 g/mol. The fraction of sp³-hybridized carbons (Fsp3) is 0.318. The van der Waals surface area contributed by atoms with E-state index in [1.807, 2.05) is 6.07 Å². The maximum atomic E-state index is 12.6. The van der Waals surface area contributed by atoms with Crippen LogP contribution < -0.4 is 15.5 Å². The van der Waals surface area contributed by atoms with Crippen molar-refractivity contribution in [2.45, 2.75) is 6.92 Å². The van der Waals surface area contributed by atoms with Crippen molar-refractivity contribution in [2.24, 2.45) is 0 Å². The quantitative estimate of drug-likeness (QED) is 0.738. The molecular formula is C22H26N4O4. The number of nitrogens with one attached hydrogen (secondary N) is 2. The van der Waals surface area contributed by atoms with Gasteiger partial charge < -0.3 is 25.2 Å². The molecule has 0 radical (unpaired) electrons. The van der Waals surface area contributed by atoms with Crippen molar-refractivity contribution >= 4 is 29.3 Å². The molecule has 158 valence electrons. The molecule has 1 aliphatic heterocycles. The Morgan fingerprint density at radius 2 is 1.70 bits per heavy atom. The normalized spacial score (nSPS) is 13.5. The lowest BCUT2D eigenvalue weighted by Gasteiger charge is -2.36. The number of methoxy groups -OCH3 is 1. The van der Waals surface area contributed by atoms with Crippen LogP contribution in [0.4, 0.5) is 16.2 Å². The fourth-order valence-corrected chi connectivity index (χ4v) is 3.23. The summed E-state index contributed by atoms with van der Waals surface area (Å²) in [7, 11) is 1.26. The summed E-state index contributed by atoms with van der Waals surface area (Å²) in [5.41, 5.74) is 3.39. The summed E-state index contributed by atoms with van der Waals surface area (Å²) >= 11 is 0. The van der Waals surface area contributed by atoms with Gasteiger partial charge in [-0.05, 0) is 48.9 Å². The zero-order valence-corrected chi connectivity index (χ0v) is 17.2. The predicted octanol–water partition coefficient (Wildman–Crippen LogP) is 2.25. The van der Waals surface area contributed by atoms with E-state index >= 15 is 0 Å². The molecule has 8 nitrogen and oxygen atoms in total. The number of carbonyl (C=O) groups is 3. The fourth-order valence-electron chi connectivity index (χ4n) is 3.23. The number of piperazine rings is 1. The molecule has 0 spiro atoms. The van der Waals surface area contributed by atoms with E-state index in [0.717, 1.165) is 13.1 Å². The SMILES string of the molecule is COC(=O)CNC(=O)c1ccc(NC(=O)N2CCN(c3cccc(C)c3)CC2)cc1. The minimum absolute atomic E-state index is 0.165. The van der Waals surface area contributed by atoms with Gasteiger partial charge in [0.2, 0.25) is 0 Å². The van der Waals surface area contributed by atoms with Gasteiger partial charge in [-0.25, -0.2) is 4.79 Å². The molecule has 0 saturated carbocycles. The molecule has 0 atom stereocenters. The summed E-state index contributed by atoms with van der Waals surface area (Å²) in [5.74, 6) is -0.903. The summed E-state index contributed by atoms with van der Waals surface area (Å²) in [6.07, 6.45) is 0. The number of hydrogen-bond acceptors (Lipinski definition) is 5. The number of esters is 1. The van der Waals surface area contributed by atoms with Crippen LogP contribution in [-0.4, -0.2) is 62.6 Å². The number of amides is 3. The molecule has 0 unspecified atom stereocenters. The molecule has 30 heavy (non-hydrogen) atoms. The first-order chi connectivity index (χ1) is 14.5. The number of hydrogen-bond donors (Lipinski definition) is 2. The molecule has 3 rings (SSSR count). The van der Waals surface area contributed by atoms with Crippen LogP contribution >= 0.6 is 0 Å². The smallest absolute Gasteiger partial charge is 0.325 e. The lowest BCUT2D eigenvalue weighted by atomic mass is 10.2. The van der Waals surface area contributed by atoms with Gasteiger partial charge in [0.05, 0.1) is 7.11 Å². The topological polar surface area (TPSA) is 91.0 Å². The first kappa shape index (κ1) is 21.2. The number of carbonyl (C=O) groups excluding carboxylic acids is 3. The van der Waals surface area contributed by atoms with Crippen LogP contribution in [-0.2, 0) is 9.53 Å². The third-order valence-electron chi connectivity index (χ3n) is 4.95. The summed E-state index contributed by atoms with van der Waals surface area (Å²) < 4.78 is 4.49. The zero-order valence-electron chi connectivity index (χ0n) is 17.2. The van der Waals surface area contributed by atoms with Crippen LogP contribution in [0.25, 0.3) is 0 Å². The Balaban J connectivity index is 1.49. The van der Waals surface area contributed by atoms with Gasteiger partial charge in [0, 0.05) is 43.1 Å². The number of ether oxygens (including phenoxy) is 1. The first-order valence-corrected chi connectivity index (χ1v) is 9.79. The van der Waals surface area contributed by atoms with Gasteiger partial charge in [0.25, 0.3) is 5.91 Å². The first-order valence-electron chi connectivity index (χ1n) is 9.79. The highest BCUT2D eigenvalue weighted by molar-refractivity contribution is 5.97. The number of nitrogens with zero attached hydrogens (tertiary/aromatic N) is 2. The third kappa shape index (κ3) is 5.50. The third-order valence-corrected chi connectivity index (χ3v) is 4.95. The van der Waals surface area contributed by atoms with Gasteiger partial charge >= 0.3 is 12.0 Å². The average Bonchev–Trinajstić information content (AvgIpc) is 2.77. The van der Waals surface area contributed by atoms with Crippen LogP contribution in [0.15, 0.2) is 48.5 Å². The van der Waals surface area contributed by atoms with Crippen LogP contribution in [0.3, 0.4) is 0 Å². The maximum absolute atomic E-state index is 12.6. The second-order valence-electron chi connectivity index (χ2n) is 7.08. The van der Waals surface area contributed by atoms with Crippen molar-refractivity contribution < 1.29 is 19.1 Å². The van der Waals surface area contributed by atoms with Crippen molar-refractivity contribution in [3.63, 3.8) is 0 Å². The number of benzene rings is 2. The van der Waals surface area contributed by atoms with Gasteiger partial charge in [-0.15, -0.1) is 0 Å². The number of anilines is 2. The lowest BCUT2D eigenvalue weighted by molar-refractivity contribution is -0.139. The Hall–Kier alpha value is -3.55. The monoisotopic (exact) mass is 410 g/mol. The van der Waals surface area contributed by atoms with E-state index in [1.165, 1.54) is 18.4 Å². The molecule has 1 aliphatic rings. The van der Waals surface area contributed by atoms with E-state index in [4.69, 9.17) is 0 Å². The molecule has 2 N–H and O–H groups in total. The highest BCUT2D eigenvalue weighted by atomic mass is 16.5. The zero-order chi connectivity index (χ0) is 21.5. The van der Waals surface area contributed by atoms with Crippen LogP contribution in [0.1, 0.15) is 15.9 Å². The average molecular weight is 410 g/mol. The van der Waals surface area contributed by atoms with Gasteiger partial charge in [-0.1, -0.05) is 12.1 Å². The van der Waals surface area contributed by atoms with Crippen LogP contribution in [0, 0.1) is 6.92 Å². The molecule has 1 fully saturated rings. The summed E-state index contributed by atoms with van der Waals surface area (Å²) in [5, 5.41) is 5.33. The Morgan fingerprint density at radius 1 is 1.00 bits per heavy atom. The molecule has 0 aliphatic carbocycles. The highest BCUT2D eigenvalue weighted by Crippen LogP contribution is 2.18. The lowest BCUT2D eigenvalue weighted by Crippen LogP contribution is -2.50. The van der Waals surface area contributed by atoms with E-state index in [9.17, 15) is 14.4 Å². The molecule has 0 aromatic heterocycles. The molecule has 0 bridgehead atoms. The minimum atomic E-state index is -0.519. The number of urea groups is 1. The molecule has 2 aromatic carbocycles. The number of aryl methyl sites for hydroxylation is 1. The Kier molecular flexibility index (Phi) is 6.90. The van der Waals surface area contributed by atoms with Crippen molar-refractivity contribution in [3.8, 4) is 0 Å². The second-order valence-corrected chi connectivity index (χ2v) is 7.08. The van der Waals surface area contributed by atoms with Gasteiger partial charge in [-0.3, -0.25) is 9.59 Å². The minimum Gasteiger partial charge on any atom is -0.468 e. The molecule has 3 amide bonds. The van der Waals surface area contributed by atoms with E-state index < -0.39 is 5.97 Å². The van der Waals surface area contributed by atoms with E-state index in [1.54, 1.807) is 29.2 Å². The Bertz CT molecular complexity index is 906. The van der Waals surface area contributed by atoms with Gasteiger partial charge in [-0.2, -0.15) is 0 Å². The highest BCUT2D eigenvalue weighted by Gasteiger charge is 2.21.